The summed E-state index contributed by atoms with van der Waals surface area (Å²) in [6, 6.07) is 16.7. The highest BCUT2D eigenvalue weighted by molar-refractivity contribution is 5.75. The van der Waals surface area contributed by atoms with Gasteiger partial charge in [-0.3, -0.25) is 14.5 Å². The topological polar surface area (TPSA) is 118 Å². The van der Waals surface area contributed by atoms with E-state index in [1.165, 1.54) is 5.56 Å². The molecule has 0 fully saturated rings. The van der Waals surface area contributed by atoms with E-state index < -0.39 is 11.9 Å². The fraction of sp³-hybridized carbons (Fsp3) is 0.462. The number of aliphatic hydroxyl groups is 1. The maximum atomic E-state index is 10.5. The number of carboxylic acids is 2. The van der Waals surface area contributed by atoms with Gasteiger partial charge in [0.05, 0.1) is 19.4 Å². The SMILES string of the molecule is CC(C)N(CCC(c1ccccc1)c1cc(CO)ccc1O)C(C)C.O=C(O)CCC(=O)O. The number of aliphatic carboxylic acids is 2. The second kappa shape index (κ2) is 14.3. The summed E-state index contributed by atoms with van der Waals surface area (Å²) in [5.41, 5.74) is 2.92. The molecule has 0 saturated carbocycles. The van der Waals surface area contributed by atoms with Gasteiger partial charge in [0.15, 0.2) is 0 Å². The van der Waals surface area contributed by atoms with Crippen LogP contribution in [0.5, 0.6) is 5.75 Å². The molecule has 2 aromatic rings. The number of rotatable bonds is 11. The van der Waals surface area contributed by atoms with Gasteiger partial charge in [-0.25, -0.2) is 0 Å². The maximum absolute atomic E-state index is 10.5. The van der Waals surface area contributed by atoms with E-state index >= 15 is 0 Å². The van der Waals surface area contributed by atoms with Crippen LogP contribution in [0.4, 0.5) is 0 Å². The average molecular weight is 460 g/mol. The van der Waals surface area contributed by atoms with Crippen molar-refractivity contribution in [2.75, 3.05) is 6.54 Å². The van der Waals surface area contributed by atoms with Gasteiger partial charge in [-0.05, 0) is 63.9 Å². The summed E-state index contributed by atoms with van der Waals surface area (Å²) in [6.07, 6.45) is 0.327. The molecule has 0 radical (unpaired) electrons. The average Bonchev–Trinajstić information content (AvgIpc) is 2.76. The minimum absolute atomic E-state index is 0.0150. The molecule has 1 atom stereocenters. The van der Waals surface area contributed by atoms with E-state index in [0.717, 1.165) is 24.1 Å². The molecular formula is C26H37NO6. The largest absolute Gasteiger partial charge is 0.508 e. The van der Waals surface area contributed by atoms with Crippen LogP contribution in [0.2, 0.25) is 0 Å². The number of carbonyl (C=O) groups is 2. The minimum atomic E-state index is -1.08. The van der Waals surface area contributed by atoms with Crippen LogP contribution in [0.3, 0.4) is 0 Å². The Hall–Kier alpha value is -2.90. The summed E-state index contributed by atoms with van der Waals surface area (Å²) in [4.78, 5) is 21.8. The minimum Gasteiger partial charge on any atom is -0.508 e. The zero-order chi connectivity index (χ0) is 25.0. The van der Waals surface area contributed by atoms with Crippen LogP contribution in [-0.2, 0) is 16.2 Å². The van der Waals surface area contributed by atoms with Crippen molar-refractivity contribution in [2.24, 2.45) is 0 Å². The summed E-state index contributed by atoms with van der Waals surface area (Å²) in [7, 11) is 0. The normalized spacial score (nSPS) is 11.9. The van der Waals surface area contributed by atoms with Crippen molar-refractivity contribution < 1.29 is 30.0 Å². The van der Waals surface area contributed by atoms with Crippen molar-refractivity contribution >= 4 is 11.9 Å². The van der Waals surface area contributed by atoms with Gasteiger partial charge >= 0.3 is 11.9 Å². The van der Waals surface area contributed by atoms with E-state index in [0.29, 0.717) is 17.8 Å². The monoisotopic (exact) mass is 459 g/mol. The van der Waals surface area contributed by atoms with Crippen LogP contribution in [0.25, 0.3) is 0 Å². The smallest absolute Gasteiger partial charge is 0.303 e. The molecule has 2 rings (SSSR count). The number of benzene rings is 2. The van der Waals surface area contributed by atoms with Gasteiger partial charge < -0.3 is 20.4 Å². The Balaban J connectivity index is 0.000000582. The molecule has 0 aromatic heterocycles. The van der Waals surface area contributed by atoms with Gasteiger partial charge in [0.1, 0.15) is 5.75 Å². The third-order valence-electron chi connectivity index (χ3n) is 5.41. The van der Waals surface area contributed by atoms with Crippen molar-refractivity contribution in [3.8, 4) is 5.75 Å². The lowest BCUT2D eigenvalue weighted by molar-refractivity contribution is -0.143. The van der Waals surface area contributed by atoms with E-state index in [9.17, 15) is 19.8 Å². The Bertz CT molecular complexity index is 844. The summed E-state index contributed by atoms with van der Waals surface area (Å²) >= 11 is 0. The quantitative estimate of drug-likeness (QED) is 0.392. The van der Waals surface area contributed by atoms with Crippen LogP contribution in [0, 0.1) is 0 Å². The van der Waals surface area contributed by atoms with Crippen molar-refractivity contribution in [3.05, 3.63) is 65.2 Å². The molecule has 7 nitrogen and oxygen atoms in total. The molecule has 0 bridgehead atoms. The summed E-state index contributed by atoms with van der Waals surface area (Å²) < 4.78 is 0. The molecular weight excluding hydrogens is 422 g/mol. The first-order valence-corrected chi connectivity index (χ1v) is 11.2. The summed E-state index contributed by atoms with van der Waals surface area (Å²) in [6.45, 7) is 9.84. The highest BCUT2D eigenvalue weighted by Crippen LogP contribution is 2.35. The molecule has 0 aliphatic carbocycles. The number of phenols is 1. The van der Waals surface area contributed by atoms with Gasteiger partial charge in [-0.2, -0.15) is 0 Å². The second-order valence-corrected chi connectivity index (χ2v) is 8.52. The van der Waals surface area contributed by atoms with Gasteiger partial charge in [-0.1, -0.05) is 36.4 Å². The standard InChI is InChI=1S/C22H31NO2.C4H6O4/c1-16(2)23(17(3)4)13-12-20(19-8-6-5-7-9-19)21-14-18(15-24)10-11-22(21)25;5-3(6)1-2-4(7)8/h5-11,14,16-17,20,24-25H,12-13,15H2,1-4H3;1-2H2,(H,5,6)(H,7,8). The molecule has 1 unspecified atom stereocenters. The number of hydrogen-bond donors (Lipinski definition) is 4. The third kappa shape index (κ3) is 10.1. The molecule has 33 heavy (non-hydrogen) atoms. The number of nitrogens with zero attached hydrogens (tertiary/aromatic N) is 1. The molecule has 0 heterocycles. The van der Waals surface area contributed by atoms with Crippen molar-refractivity contribution in [1.82, 2.24) is 4.90 Å². The van der Waals surface area contributed by atoms with E-state index in [1.54, 1.807) is 12.1 Å². The third-order valence-corrected chi connectivity index (χ3v) is 5.41. The van der Waals surface area contributed by atoms with Crippen LogP contribution >= 0.6 is 0 Å². The number of aliphatic hydroxyl groups excluding tert-OH is 1. The summed E-state index contributed by atoms with van der Waals surface area (Å²) in [5.74, 6) is -1.75. The molecule has 2 aromatic carbocycles. The zero-order valence-electron chi connectivity index (χ0n) is 19.9. The van der Waals surface area contributed by atoms with Crippen LogP contribution in [-0.4, -0.2) is 55.9 Å². The Labute approximate surface area is 196 Å². The number of hydrogen-bond acceptors (Lipinski definition) is 5. The van der Waals surface area contributed by atoms with Crippen LogP contribution in [0.1, 0.15) is 69.6 Å². The molecule has 7 heteroatoms. The highest BCUT2D eigenvalue weighted by atomic mass is 16.4. The highest BCUT2D eigenvalue weighted by Gasteiger charge is 2.21. The molecule has 182 valence electrons. The maximum Gasteiger partial charge on any atom is 0.303 e. The predicted molar refractivity (Wildman–Crippen MR) is 128 cm³/mol. The Morgan fingerprint density at radius 3 is 1.88 bits per heavy atom. The Kier molecular flexibility index (Phi) is 12.2. The lowest BCUT2D eigenvalue weighted by Crippen LogP contribution is -2.38. The molecule has 0 saturated heterocycles. The zero-order valence-corrected chi connectivity index (χ0v) is 19.9. The second-order valence-electron chi connectivity index (χ2n) is 8.52. The predicted octanol–water partition coefficient (Wildman–Crippen LogP) is 4.46. The van der Waals surface area contributed by atoms with E-state index in [4.69, 9.17) is 10.2 Å². The lowest BCUT2D eigenvalue weighted by atomic mass is 9.86. The van der Waals surface area contributed by atoms with Crippen molar-refractivity contribution in [1.29, 1.82) is 0 Å². The summed E-state index contributed by atoms with van der Waals surface area (Å²) in [5, 5.41) is 35.7. The molecule has 0 spiro atoms. The number of carboxylic acid groups (broad SMARTS) is 2. The number of phenolic OH excluding ortho intramolecular Hbond substituents is 1. The lowest BCUT2D eigenvalue weighted by Gasteiger charge is -2.32. The Morgan fingerprint density at radius 1 is 0.879 bits per heavy atom. The van der Waals surface area contributed by atoms with E-state index in [2.05, 4.69) is 44.7 Å². The molecule has 0 aliphatic rings. The van der Waals surface area contributed by atoms with Gasteiger partial charge in [-0.15, -0.1) is 0 Å². The first-order chi connectivity index (χ1) is 15.6. The fourth-order valence-electron chi connectivity index (χ4n) is 3.77. The molecule has 0 amide bonds. The van der Waals surface area contributed by atoms with Crippen molar-refractivity contribution in [2.45, 2.75) is 71.6 Å². The van der Waals surface area contributed by atoms with Gasteiger partial charge in [0, 0.05) is 23.6 Å². The van der Waals surface area contributed by atoms with Crippen molar-refractivity contribution in [3.63, 3.8) is 0 Å². The number of aromatic hydroxyl groups is 1. The first-order valence-electron chi connectivity index (χ1n) is 11.2. The molecule has 0 aliphatic heterocycles. The van der Waals surface area contributed by atoms with Gasteiger partial charge in [0.25, 0.3) is 0 Å². The van der Waals surface area contributed by atoms with Crippen LogP contribution < -0.4 is 0 Å². The molecule has 4 N–H and O–H groups in total. The van der Waals surface area contributed by atoms with Crippen LogP contribution in [0.15, 0.2) is 48.5 Å². The van der Waals surface area contributed by atoms with E-state index in [1.807, 2.05) is 24.3 Å². The van der Waals surface area contributed by atoms with E-state index in [-0.39, 0.29) is 25.4 Å². The van der Waals surface area contributed by atoms with Gasteiger partial charge in [0.2, 0.25) is 0 Å². The first kappa shape index (κ1) is 28.1. The Morgan fingerprint density at radius 2 is 1.42 bits per heavy atom. The fourth-order valence-corrected chi connectivity index (χ4v) is 3.77.